The highest BCUT2D eigenvalue weighted by Gasteiger charge is 2.43. The Hall–Kier alpha value is -4.12. The SMILES string of the molecule is CC1=C(C(=O)OCc2ccccc2)[C@H](c2ccc(OCc3ccccc3)cc2)C2=C(CC(C)(C)CC2=O)N1. The molecule has 0 spiro atoms. The van der Waals surface area contributed by atoms with Gasteiger partial charge in [-0.2, -0.15) is 0 Å². The fourth-order valence-corrected chi connectivity index (χ4v) is 5.34. The molecule has 0 aromatic heterocycles. The van der Waals surface area contributed by atoms with E-state index in [-0.39, 0.29) is 17.8 Å². The summed E-state index contributed by atoms with van der Waals surface area (Å²) in [4.78, 5) is 27.0. The number of hydrogen-bond donors (Lipinski definition) is 1. The van der Waals surface area contributed by atoms with Crippen molar-refractivity contribution in [1.82, 2.24) is 5.32 Å². The van der Waals surface area contributed by atoms with Crippen LogP contribution in [0.15, 0.2) is 107 Å². The number of benzene rings is 3. The maximum atomic E-state index is 13.5. The maximum absolute atomic E-state index is 13.5. The summed E-state index contributed by atoms with van der Waals surface area (Å²) in [6, 6.07) is 27.3. The average molecular weight is 508 g/mol. The van der Waals surface area contributed by atoms with E-state index in [1.807, 2.05) is 91.9 Å². The summed E-state index contributed by atoms with van der Waals surface area (Å²) in [5.74, 6) is -0.122. The van der Waals surface area contributed by atoms with Crippen molar-refractivity contribution in [2.75, 3.05) is 0 Å². The van der Waals surface area contributed by atoms with E-state index in [2.05, 4.69) is 19.2 Å². The number of hydrogen-bond acceptors (Lipinski definition) is 5. The molecule has 3 aromatic carbocycles. The zero-order valence-corrected chi connectivity index (χ0v) is 22.1. The smallest absolute Gasteiger partial charge is 0.337 e. The van der Waals surface area contributed by atoms with Crippen LogP contribution in [0.2, 0.25) is 0 Å². The fourth-order valence-electron chi connectivity index (χ4n) is 5.34. The molecule has 1 aliphatic carbocycles. The first kappa shape index (κ1) is 25.5. The highest BCUT2D eigenvalue weighted by atomic mass is 16.5. The van der Waals surface area contributed by atoms with Gasteiger partial charge in [0.05, 0.1) is 5.57 Å². The third-order valence-corrected chi connectivity index (χ3v) is 7.13. The number of carbonyl (C=O) groups excluding carboxylic acids is 2. The second-order valence-corrected chi connectivity index (χ2v) is 10.8. The number of Topliss-reactive ketones (excluding diaryl/α,β-unsaturated/α-hetero) is 1. The van der Waals surface area contributed by atoms with Crippen LogP contribution in [0.1, 0.15) is 56.2 Å². The molecule has 1 aliphatic heterocycles. The molecule has 5 rings (SSSR count). The van der Waals surface area contributed by atoms with E-state index in [0.29, 0.717) is 24.2 Å². The lowest BCUT2D eigenvalue weighted by Crippen LogP contribution is -2.38. The van der Waals surface area contributed by atoms with Crippen LogP contribution in [0.4, 0.5) is 0 Å². The monoisotopic (exact) mass is 507 g/mol. The maximum Gasteiger partial charge on any atom is 0.337 e. The van der Waals surface area contributed by atoms with Crippen LogP contribution in [-0.2, 0) is 27.5 Å². The Balaban J connectivity index is 1.45. The lowest BCUT2D eigenvalue weighted by molar-refractivity contribution is -0.140. The van der Waals surface area contributed by atoms with Crippen LogP contribution in [0.25, 0.3) is 0 Å². The average Bonchev–Trinajstić information content (AvgIpc) is 2.90. The van der Waals surface area contributed by atoms with Gasteiger partial charge in [0.25, 0.3) is 0 Å². The number of esters is 1. The Morgan fingerprint density at radius 2 is 1.47 bits per heavy atom. The Bertz CT molecular complexity index is 1390. The van der Waals surface area contributed by atoms with Gasteiger partial charge in [-0.05, 0) is 47.6 Å². The van der Waals surface area contributed by atoms with Gasteiger partial charge in [0.2, 0.25) is 0 Å². The Kier molecular flexibility index (Phi) is 7.19. The van der Waals surface area contributed by atoms with Crippen LogP contribution in [0.5, 0.6) is 5.75 Å². The van der Waals surface area contributed by atoms with E-state index < -0.39 is 11.9 Å². The molecule has 0 saturated heterocycles. The summed E-state index contributed by atoms with van der Waals surface area (Å²) in [6.45, 7) is 6.73. The number of ether oxygens (including phenoxy) is 2. The van der Waals surface area contributed by atoms with E-state index in [1.54, 1.807) is 0 Å². The van der Waals surface area contributed by atoms with Crippen molar-refractivity contribution in [2.24, 2.45) is 5.41 Å². The van der Waals surface area contributed by atoms with Gasteiger partial charge in [-0.3, -0.25) is 4.79 Å². The summed E-state index contributed by atoms with van der Waals surface area (Å²) in [7, 11) is 0. The summed E-state index contributed by atoms with van der Waals surface area (Å²) in [6.07, 6.45) is 1.18. The largest absolute Gasteiger partial charge is 0.489 e. The Labute approximate surface area is 224 Å². The summed E-state index contributed by atoms with van der Waals surface area (Å²) < 4.78 is 11.7. The van der Waals surface area contributed by atoms with Crippen LogP contribution < -0.4 is 10.1 Å². The molecule has 1 N–H and O–H groups in total. The van der Waals surface area contributed by atoms with Crippen molar-refractivity contribution in [1.29, 1.82) is 0 Å². The fraction of sp³-hybridized carbons (Fsp3) is 0.273. The molecule has 5 nitrogen and oxygen atoms in total. The summed E-state index contributed by atoms with van der Waals surface area (Å²) >= 11 is 0. The van der Waals surface area contributed by atoms with E-state index in [4.69, 9.17) is 9.47 Å². The zero-order valence-electron chi connectivity index (χ0n) is 22.1. The van der Waals surface area contributed by atoms with Crippen molar-refractivity contribution in [2.45, 2.75) is 52.7 Å². The molecule has 1 atom stereocenters. The predicted octanol–water partition coefficient (Wildman–Crippen LogP) is 6.61. The predicted molar refractivity (Wildman–Crippen MR) is 147 cm³/mol. The molecule has 0 fully saturated rings. The van der Waals surface area contributed by atoms with Crippen LogP contribution in [0, 0.1) is 5.41 Å². The Morgan fingerprint density at radius 3 is 2.11 bits per heavy atom. The third-order valence-electron chi connectivity index (χ3n) is 7.13. The van der Waals surface area contributed by atoms with Crippen molar-refractivity contribution >= 4 is 11.8 Å². The van der Waals surface area contributed by atoms with Crippen LogP contribution in [0.3, 0.4) is 0 Å². The minimum absolute atomic E-state index is 0.0685. The molecule has 0 amide bonds. The van der Waals surface area contributed by atoms with Gasteiger partial charge in [-0.25, -0.2) is 4.79 Å². The van der Waals surface area contributed by atoms with E-state index in [0.717, 1.165) is 40.3 Å². The topological polar surface area (TPSA) is 64.6 Å². The number of dihydropyridines is 1. The van der Waals surface area contributed by atoms with Gasteiger partial charge in [-0.15, -0.1) is 0 Å². The molecule has 0 radical (unpaired) electrons. The van der Waals surface area contributed by atoms with E-state index in [9.17, 15) is 9.59 Å². The molecular weight excluding hydrogens is 474 g/mol. The quantitative estimate of drug-likeness (QED) is 0.365. The number of rotatable bonds is 7. The van der Waals surface area contributed by atoms with Crippen molar-refractivity contribution in [3.8, 4) is 5.75 Å². The first-order valence-electron chi connectivity index (χ1n) is 13.0. The van der Waals surface area contributed by atoms with Crippen molar-refractivity contribution in [3.63, 3.8) is 0 Å². The number of carbonyl (C=O) groups is 2. The molecule has 0 unspecified atom stereocenters. The number of allylic oxidation sites excluding steroid dienone is 3. The molecule has 194 valence electrons. The minimum atomic E-state index is -0.499. The lowest BCUT2D eigenvalue weighted by Gasteiger charge is -2.39. The van der Waals surface area contributed by atoms with Gasteiger partial charge in [0, 0.05) is 29.3 Å². The molecule has 0 bridgehead atoms. The molecule has 5 heteroatoms. The van der Waals surface area contributed by atoms with Gasteiger partial charge >= 0.3 is 5.97 Å². The number of ketones is 1. The normalized spacial score (nSPS) is 18.5. The second-order valence-electron chi connectivity index (χ2n) is 10.8. The van der Waals surface area contributed by atoms with Crippen molar-refractivity contribution < 1.29 is 19.1 Å². The third kappa shape index (κ3) is 5.57. The lowest BCUT2D eigenvalue weighted by atomic mass is 9.68. The summed E-state index contributed by atoms with van der Waals surface area (Å²) in [5.41, 5.74) is 5.49. The molecule has 1 heterocycles. The molecule has 2 aliphatic rings. The standard InChI is InChI=1S/C33H33NO4/c1-22-29(32(36)38-21-24-12-8-5-9-13-24)30(31-27(34-22)18-33(2,3)19-28(31)35)25-14-16-26(17-15-25)37-20-23-10-6-4-7-11-23/h4-17,30,34H,18-21H2,1-3H3/t30-/m0/s1. The van der Waals surface area contributed by atoms with Gasteiger partial charge in [-0.1, -0.05) is 86.6 Å². The number of nitrogens with one attached hydrogen (secondary N) is 1. The first-order valence-corrected chi connectivity index (χ1v) is 13.0. The van der Waals surface area contributed by atoms with E-state index in [1.165, 1.54) is 0 Å². The van der Waals surface area contributed by atoms with Gasteiger partial charge in [0.15, 0.2) is 5.78 Å². The van der Waals surface area contributed by atoms with Crippen molar-refractivity contribution in [3.05, 3.63) is 124 Å². The Morgan fingerprint density at radius 1 is 0.868 bits per heavy atom. The van der Waals surface area contributed by atoms with E-state index >= 15 is 0 Å². The second kappa shape index (κ2) is 10.7. The van der Waals surface area contributed by atoms with Gasteiger partial charge in [0.1, 0.15) is 19.0 Å². The molecule has 38 heavy (non-hydrogen) atoms. The highest BCUT2D eigenvalue weighted by Crippen LogP contribution is 2.47. The molecule has 3 aromatic rings. The van der Waals surface area contributed by atoms with Gasteiger partial charge < -0.3 is 14.8 Å². The zero-order chi connectivity index (χ0) is 26.7. The highest BCUT2D eigenvalue weighted by molar-refractivity contribution is 6.04. The summed E-state index contributed by atoms with van der Waals surface area (Å²) in [5, 5.41) is 3.40. The van der Waals surface area contributed by atoms with Crippen LogP contribution in [-0.4, -0.2) is 11.8 Å². The molecule has 0 saturated carbocycles. The first-order chi connectivity index (χ1) is 18.3. The van der Waals surface area contributed by atoms with Crippen LogP contribution >= 0.6 is 0 Å². The minimum Gasteiger partial charge on any atom is -0.489 e. The molecular formula is C33H33NO4.